The highest BCUT2D eigenvalue weighted by Crippen LogP contribution is 2.31. The number of phenols is 1. The number of hydrogen-bond donors (Lipinski definition) is 2. The third-order valence-electron chi connectivity index (χ3n) is 2.33. The van der Waals surface area contributed by atoms with E-state index in [-0.39, 0.29) is 11.2 Å². The standard InChI is InChI=1S/C11H17NO2/c1-8-4-5-10(13)9(6-8)11(2,3)7-14-12/h4-6,13H,7,12H2,1-3H3. The molecule has 0 aliphatic carbocycles. The van der Waals surface area contributed by atoms with Crippen LogP contribution in [-0.2, 0) is 10.3 Å². The molecule has 3 heteroatoms. The highest BCUT2D eigenvalue weighted by atomic mass is 16.6. The molecule has 0 aliphatic rings. The minimum atomic E-state index is -0.273. The number of aryl methyl sites for hydroxylation is 1. The predicted molar refractivity (Wildman–Crippen MR) is 56.0 cm³/mol. The minimum Gasteiger partial charge on any atom is -0.508 e. The summed E-state index contributed by atoms with van der Waals surface area (Å²) in [4.78, 5) is 4.64. The van der Waals surface area contributed by atoms with Gasteiger partial charge in [-0.25, -0.2) is 5.90 Å². The first-order chi connectivity index (χ1) is 6.47. The van der Waals surface area contributed by atoms with Crippen molar-refractivity contribution in [1.82, 2.24) is 0 Å². The van der Waals surface area contributed by atoms with Gasteiger partial charge in [-0.2, -0.15) is 0 Å². The van der Waals surface area contributed by atoms with Gasteiger partial charge in [0.25, 0.3) is 0 Å². The van der Waals surface area contributed by atoms with E-state index in [9.17, 15) is 5.11 Å². The number of benzene rings is 1. The molecular weight excluding hydrogens is 178 g/mol. The second-order valence-corrected chi connectivity index (χ2v) is 4.22. The van der Waals surface area contributed by atoms with Crippen LogP contribution < -0.4 is 5.90 Å². The Balaban J connectivity index is 3.10. The molecule has 0 radical (unpaired) electrons. The molecule has 0 saturated carbocycles. The molecule has 1 aromatic rings. The third kappa shape index (κ3) is 2.25. The summed E-state index contributed by atoms with van der Waals surface area (Å²) in [6.45, 7) is 6.33. The summed E-state index contributed by atoms with van der Waals surface area (Å²) in [5.74, 6) is 5.35. The molecule has 0 atom stereocenters. The maximum absolute atomic E-state index is 9.70. The monoisotopic (exact) mass is 195 g/mol. The molecular formula is C11H17NO2. The lowest BCUT2D eigenvalue weighted by molar-refractivity contribution is 0.0954. The molecule has 0 aromatic heterocycles. The first-order valence-electron chi connectivity index (χ1n) is 4.59. The fraction of sp³-hybridized carbons (Fsp3) is 0.455. The van der Waals surface area contributed by atoms with Crippen LogP contribution in [0.25, 0.3) is 0 Å². The molecule has 3 N–H and O–H groups in total. The third-order valence-corrected chi connectivity index (χ3v) is 2.33. The first kappa shape index (κ1) is 11.0. The Kier molecular flexibility index (Phi) is 3.13. The Hall–Kier alpha value is -1.06. The van der Waals surface area contributed by atoms with Gasteiger partial charge in [0.1, 0.15) is 5.75 Å². The highest BCUT2D eigenvalue weighted by Gasteiger charge is 2.24. The van der Waals surface area contributed by atoms with Gasteiger partial charge in [0.2, 0.25) is 0 Å². The Morgan fingerprint density at radius 3 is 2.64 bits per heavy atom. The van der Waals surface area contributed by atoms with Gasteiger partial charge < -0.3 is 9.94 Å². The molecule has 3 nitrogen and oxygen atoms in total. The van der Waals surface area contributed by atoms with Gasteiger partial charge in [0, 0.05) is 11.0 Å². The van der Waals surface area contributed by atoms with Crippen LogP contribution in [0.2, 0.25) is 0 Å². The van der Waals surface area contributed by atoms with Crippen LogP contribution in [0.4, 0.5) is 0 Å². The summed E-state index contributed by atoms with van der Waals surface area (Å²) >= 11 is 0. The molecule has 0 saturated heterocycles. The molecule has 0 fully saturated rings. The molecule has 0 unspecified atom stereocenters. The molecule has 0 heterocycles. The van der Waals surface area contributed by atoms with Crippen molar-refractivity contribution in [3.8, 4) is 5.75 Å². The average molecular weight is 195 g/mol. The van der Waals surface area contributed by atoms with Crippen LogP contribution in [0.15, 0.2) is 18.2 Å². The van der Waals surface area contributed by atoms with Crippen molar-refractivity contribution < 1.29 is 9.94 Å². The van der Waals surface area contributed by atoms with E-state index in [1.54, 1.807) is 6.07 Å². The Morgan fingerprint density at radius 1 is 1.43 bits per heavy atom. The topological polar surface area (TPSA) is 55.5 Å². The zero-order valence-electron chi connectivity index (χ0n) is 8.87. The lowest BCUT2D eigenvalue weighted by Gasteiger charge is -2.24. The van der Waals surface area contributed by atoms with Crippen molar-refractivity contribution >= 4 is 0 Å². The number of aromatic hydroxyl groups is 1. The van der Waals surface area contributed by atoms with Crippen molar-refractivity contribution in [1.29, 1.82) is 0 Å². The van der Waals surface area contributed by atoms with Crippen molar-refractivity contribution in [2.45, 2.75) is 26.2 Å². The largest absolute Gasteiger partial charge is 0.508 e. The van der Waals surface area contributed by atoms with E-state index >= 15 is 0 Å². The van der Waals surface area contributed by atoms with Crippen LogP contribution >= 0.6 is 0 Å². The van der Waals surface area contributed by atoms with E-state index < -0.39 is 0 Å². The molecule has 0 aliphatic heterocycles. The lowest BCUT2D eigenvalue weighted by atomic mass is 9.84. The maximum atomic E-state index is 9.70. The van der Waals surface area contributed by atoms with Crippen molar-refractivity contribution in [2.24, 2.45) is 5.90 Å². The Labute approximate surface area is 84.5 Å². The van der Waals surface area contributed by atoms with Gasteiger partial charge in [-0.3, -0.25) is 0 Å². The smallest absolute Gasteiger partial charge is 0.119 e. The first-order valence-corrected chi connectivity index (χ1v) is 4.59. The number of hydrogen-bond acceptors (Lipinski definition) is 3. The molecule has 0 amide bonds. The average Bonchev–Trinajstić information content (AvgIpc) is 2.09. The van der Waals surface area contributed by atoms with Crippen LogP contribution in [0, 0.1) is 6.92 Å². The van der Waals surface area contributed by atoms with Crippen LogP contribution in [0.1, 0.15) is 25.0 Å². The molecule has 14 heavy (non-hydrogen) atoms. The summed E-state index contributed by atoms with van der Waals surface area (Å²) in [6.07, 6.45) is 0. The second kappa shape index (κ2) is 3.98. The zero-order valence-corrected chi connectivity index (χ0v) is 8.87. The molecule has 1 aromatic carbocycles. The summed E-state index contributed by atoms with van der Waals surface area (Å²) < 4.78 is 0. The van der Waals surface area contributed by atoms with Gasteiger partial charge in [-0.15, -0.1) is 0 Å². The van der Waals surface area contributed by atoms with Crippen molar-refractivity contribution in [2.75, 3.05) is 6.61 Å². The fourth-order valence-corrected chi connectivity index (χ4v) is 1.48. The summed E-state index contributed by atoms with van der Waals surface area (Å²) in [6, 6.07) is 5.52. The Bertz CT molecular complexity index is 321. The quantitative estimate of drug-likeness (QED) is 0.724. The van der Waals surface area contributed by atoms with Gasteiger partial charge in [0.15, 0.2) is 0 Å². The fourth-order valence-electron chi connectivity index (χ4n) is 1.48. The maximum Gasteiger partial charge on any atom is 0.119 e. The van der Waals surface area contributed by atoms with Crippen LogP contribution in [-0.4, -0.2) is 11.7 Å². The number of rotatable bonds is 3. The van der Waals surface area contributed by atoms with Crippen LogP contribution in [0.3, 0.4) is 0 Å². The molecule has 78 valence electrons. The van der Waals surface area contributed by atoms with E-state index in [4.69, 9.17) is 5.90 Å². The number of nitrogens with two attached hydrogens (primary N) is 1. The SMILES string of the molecule is Cc1ccc(O)c(C(C)(C)CON)c1. The summed E-state index contributed by atoms with van der Waals surface area (Å²) in [5, 5.41) is 9.70. The molecule has 1 rings (SSSR count). The van der Waals surface area contributed by atoms with E-state index in [2.05, 4.69) is 4.84 Å². The van der Waals surface area contributed by atoms with E-state index in [1.807, 2.05) is 32.9 Å². The van der Waals surface area contributed by atoms with Crippen LogP contribution in [0.5, 0.6) is 5.75 Å². The molecule has 0 bridgehead atoms. The van der Waals surface area contributed by atoms with E-state index in [0.29, 0.717) is 6.61 Å². The van der Waals surface area contributed by atoms with Crippen molar-refractivity contribution in [3.05, 3.63) is 29.3 Å². The Morgan fingerprint density at radius 2 is 2.07 bits per heavy atom. The van der Waals surface area contributed by atoms with Gasteiger partial charge in [-0.05, 0) is 13.0 Å². The number of phenolic OH excluding ortho intramolecular Hbond substituents is 1. The van der Waals surface area contributed by atoms with Gasteiger partial charge in [-0.1, -0.05) is 31.5 Å². The lowest BCUT2D eigenvalue weighted by Crippen LogP contribution is -2.26. The summed E-state index contributed by atoms with van der Waals surface area (Å²) in [5.41, 5.74) is 1.70. The van der Waals surface area contributed by atoms with Crippen molar-refractivity contribution in [3.63, 3.8) is 0 Å². The van der Waals surface area contributed by atoms with Gasteiger partial charge >= 0.3 is 0 Å². The predicted octanol–water partition coefficient (Wildman–Crippen LogP) is 1.87. The van der Waals surface area contributed by atoms with Gasteiger partial charge in [0.05, 0.1) is 6.61 Å². The van der Waals surface area contributed by atoms with E-state index in [1.165, 1.54) is 0 Å². The molecule has 0 spiro atoms. The second-order valence-electron chi connectivity index (χ2n) is 4.22. The zero-order chi connectivity index (χ0) is 10.8. The van der Waals surface area contributed by atoms with E-state index in [0.717, 1.165) is 11.1 Å². The summed E-state index contributed by atoms with van der Waals surface area (Å²) in [7, 11) is 0. The highest BCUT2D eigenvalue weighted by molar-refractivity contribution is 5.40. The minimum absolute atomic E-state index is 0.273. The normalized spacial score (nSPS) is 11.7.